The van der Waals surface area contributed by atoms with Crippen molar-refractivity contribution in [1.82, 2.24) is 5.32 Å². The second-order valence-electron chi connectivity index (χ2n) is 12.4. The summed E-state index contributed by atoms with van der Waals surface area (Å²) in [4.78, 5) is 13.1. The second kappa shape index (κ2) is 10.4. The molecule has 2 heterocycles. The van der Waals surface area contributed by atoms with Gasteiger partial charge in [-0.2, -0.15) is 0 Å². The van der Waals surface area contributed by atoms with E-state index in [-0.39, 0.29) is 34.0 Å². The largest absolute Gasteiger partial charge is 0.497 e. The molecule has 1 aliphatic carbocycles. The Morgan fingerprint density at radius 3 is 2.16 bits per heavy atom. The number of nitrogens with one attached hydrogen (secondary N) is 1. The summed E-state index contributed by atoms with van der Waals surface area (Å²) in [5, 5.41) is 3.13. The lowest BCUT2D eigenvalue weighted by Gasteiger charge is -2.32. The predicted octanol–water partition coefficient (Wildman–Crippen LogP) is 6.01. The number of nitrogens with zero attached hydrogens (tertiary/aromatic N) is 1. The molecule has 1 saturated heterocycles. The number of hydrogen-bond acceptors (Lipinski definition) is 6. The van der Waals surface area contributed by atoms with E-state index in [4.69, 9.17) is 13.7 Å². The van der Waals surface area contributed by atoms with Crippen molar-refractivity contribution in [2.24, 2.45) is 0 Å². The van der Waals surface area contributed by atoms with E-state index in [0.29, 0.717) is 22.2 Å². The molecule has 1 aromatic heterocycles. The van der Waals surface area contributed by atoms with Gasteiger partial charge in [-0.15, -0.1) is 0 Å². The van der Waals surface area contributed by atoms with E-state index in [1.165, 1.54) is 43.4 Å². The monoisotopic (exact) mass is 622 g/mol. The SMILES string of the molecule is CNC(=O)c1c(-c2ccc(F)cc2)oc2cc(N(c3ccc(B4OC(C)(C)C(C)(C)O4)c(F)c3)S(C)(=O)=O)c(C3CC3)cc12. The highest BCUT2D eigenvalue weighted by atomic mass is 32.2. The molecule has 1 aliphatic heterocycles. The predicted molar refractivity (Wildman–Crippen MR) is 166 cm³/mol. The van der Waals surface area contributed by atoms with Crippen LogP contribution in [-0.2, 0) is 19.3 Å². The third-order valence-corrected chi connectivity index (χ3v) is 9.76. The van der Waals surface area contributed by atoms with Crippen molar-refractivity contribution in [1.29, 1.82) is 0 Å². The summed E-state index contributed by atoms with van der Waals surface area (Å²) in [5.41, 5.74) is 0.863. The van der Waals surface area contributed by atoms with Gasteiger partial charge in [0.05, 0.1) is 34.4 Å². The van der Waals surface area contributed by atoms with Crippen LogP contribution in [0.15, 0.2) is 59.0 Å². The number of halogens is 2. The first-order valence-corrected chi connectivity index (χ1v) is 16.2. The van der Waals surface area contributed by atoms with Crippen LogP contribution in [0.5, 0.6) is 0 Å². The molecule has 1 saturated carbocycles. The number of hydrogen-bond donors (Lipinski definition) is 1. The van der Waals surface area contributed by atoms with Crippen molar-refractivity contribution in [3.8, 4) is 11.3 Å². The summed E-state index contributed by atoms with van der Waals surface area (Å²) in [6, 6.07) is 13.1. The van der Waals surface area contributed by atoms with Gasteiger partial charge < -0.3 is 19.0 Å². The number of fused-ring (bicyclic) bond motifs is 1. The van der Waals surface area contributed by atoms with Gasteiger partial charge in [-0.25, -0.2) is 21.5 Å². The first kappa shape index (κ1) is 30.3. The van der Waals surface area contributed by atoms with Crippen LogP contribution in [-0.4, -0.2) is 45.9 Å². The molecule has 0 atom stereocenters. The summed E-state index contributed by atoms with van der Waals surface area (Å²) < 4.78 is 75.5. The third kappa shape index (κ3) is 5.18. The molecule has 6 rings (SSSR count). The summed E-state index contributed by atoms with van der Waals surface area (Å²) in [6.07, 6.45) is 2.70. The van der Waals surface area contributed by atoms with Crippen molar-refractivity contribution < 1.29 is 35.7 Å². The first-order valence-electron chi connectivity index (χ1n) is 14.3. The van der Waals surface area contributed by atoms with Gasteiger partial charge in [0, 0.05) is 29.5 Å². The topological polar surface area (TPSA) is 98.1 Å². The number of carbonyl (C=O) groups is 1. The Balaban J connectivity index is 1.51. The molecular formula is C32H33BF2N2O6S. The van der Waals surface area contributed by atoms with E-state index in [2.05, 4.69) is 5.32 Å². The van der Waals surface area contributed by atoms with Crippen LogP contribution in [0.25, 0.3) is 22.3 Å². The summed E-state index contributed by atoms with van der Waals surface area (Å²) in [5.74, 6) is -1.26. The molecule has 2 fully saturated rings. The molecule has 44 heavy (non-hydrogen) atoms. The molecule has 2 aliphatic rings. The molecule has 12 heteroatoms. The number of carbonyl (C=O) groups excluding carboxylic acids is 1. The van der Waals surface area contributed by atoms with E-state index < -0.39 is 45.9 Å². The molecule has 230 valence electrons. The van der Waals surface area contributed by atoms with Crippen molar-refractivity contribution in [2.75, 3.05) is 17.6 Å². The molecule has 0 radical (unpaired) electrons. The van der Waals surface area contributed by atoms with Crippen molar-refractivity contribution in [3.05, 3.63) is 77.4 Å². The van der Waals surface area contributed by atoms with Gasteiger partial charge in [0.1, 0.15) is 23.0 Å². The minimum absolute atomic E-state index is 0.0363. The smallest absolute Gasteiger partial charge is 0.455 e. The highest BCUT2D eigenvalue weighted by molar-refractivity contribution is 7.92. The lowest BCUT2D eigenvalue weighted by molar-refractivity contribution is 0.00578. The van der Waals surface area contributed by atoms with E-state index in [0.717, 1.165) is 29.5 Å². The fourth-order valence-electron chi connectivity index (χ4n) is 5.51. The molecule has 1 amide bonds. The van der Waals surface area contributed by atoms with Crippen LogP contribution in [0.3, 0.4) is 0 Å². The standard InChI is InChI=1S/C32H33BF2N2O6S/c1-31(2)32(3,4)43-33(42-31)24-14-13-21(15-25(24)35)37(44(6,39)40)26-17-27-23(16-22(26)18-7-8-18)28(30(38)36-5)29(41-27)19-9-11-20(34)12-10-19/h9-18H,7-8H2,1-6H3,(H,36,38). The van der Waals surface area contributed by atoms with Gasteiger partial charge in [-0.05, 0) is 94.5 Å². The van der Waals surface area contributed by atoms with Crippen LogP contribution in [0.1, 0.15) is 62.4 Å². The maximum atomic E-state index is 15.7. The molecule has 8 nitrogen and oxygen atoms in total. The summed E-state index contributed by atoms with van der Waals surface area (Å²) >= 11 is 0. The minimum Gasteiger partial charge on any atom is -0.455 e. The molecule has 0 spiro atoms. The van der Waals surface area contributed by atoms with Crippen LogP contribution in [0, 0.1) is 11.6 Å². The van der Waals surface area contributed by atoms with Gasteiger partial charge in [0.25, 0.3) is 5.91 Å². The maximum Gasteiger partial charge on any atom is 0.497 e. The zero-order valence-electron chi connectivity index (χ0n) is 25.3. The number of furan rings is 1. The zero-order valence-corrected chi connectivity index (χ0v) is 26.1. The average Bonchev–Trinajstić information content (AvgIpc) is 3.67. The minimum atomic E-state index is -3.99. The van der Waals surface area contributed by atoms with Crippen molar-refractivity contribution in [2.45, 2.75) is 57.7 Å². The third-order valence-electron chi connectivity index (χ3n) is 8.69. The number of amides is 1. The highest BCUT2D eigenvalue weighted by Crippen LogP contribution is 2.49. The quantitative estimate of drug-likeness (QED) is 0.254. The molecule has 4 aromatic rings. The average molecular weight is 622 g/mol. The van der Waals surface area contributed by atoms with E-state index in [1.807, 2.05) is 27.7 Å². The number of benzene rings is 3. The molecule has 0 unspecified atom stereocenters. The number of anilines is 2. The normalized spacial score (nSPS) is 17.7. The lowest BCUT2D eigenvalue weighted by Crippen LogP contribution is -2.41. The van der Waals surface area contributed by atoms with Crippen LogP contribution in [0.4, 0.5) is 20.2 Å². The van der Waals surface area contributed by atoms with Gasteiger partial charge in [-0.1, -0.05) is 6.07 Å². The van der Waals surface area contributed by atoms with E-state index in [1.54, 1.807) is 12.1 Å². The maximum absolute atomic E-state index is 15.7. The van der Waals surface area contributed by atoms with E-state index in [9.17, 15) is 17.6 Å². The van der Waals surface area contributed by atoms with Crippen LogP contribution in [0.2, 0.25) is 0 Å². The molecule has 1 N–H and O–H groups in total. The van der Waals surface area contributed by atoms with E-state index >= 15 is 4.39 Å². The number of rotatable bonds is 7. The Bertz CT molecular complexity index is 1890. The Labute approximate surface area is 255 Å². The summed E-state index contributed by atoms with van der Waals surface area (Å²) in [7, 11) is -3.46. The fourth-order valence-corrected chi connectivity index (χ4v) is 6.53. The Kier molecular flexibility index (Phi) is 7.18. The molecule has 3 aromatic carbocycles. The lowest BCUT2D eigenvalue weighted by atomic mass is 9.78. The van der Waals surface area contributed by atoms with Crippen LogP contribution >= 0.6 is 0 Å². The molecular weight excluding hydrogens is 589 g/mol. The van der Waals surface area contributed by atoms with Crippen molar-refractivity contribution >= 4 is 50.9 Å². The molecule has 0 bridgehead atoms. The number of sulfonamides is 1. The van der Waals surface area contributed by atoms with Gasteiger partial charge in [0.2, 0.25) is 10.0 Å². The Morgan fingerprint density at radius 2 is 1.61 bits per heavy atom. The zero-order chi connectivity index (χ0) is 31.8. The van der Waals surface area contributed by atoms with Gasteiger partial charge in [-0.3, -0.25) is 4.79 Å². The van der Waals surface area contributed by atoms with Crippen molar-refractivity contribution in [3.63, 3.8) is 0 Å². The second-order valence-corrected chi connectivity index (χ2v) is 14.2. The first-order chi connectivity index (χ1) is 20.6. The van der Waals surface area contributed by atoms with Gasteiger partial charge in [0.15, 0.2) is 0 Å². The van der Waals surface area contributed by atoms with Gasteiger partial charge >= 0.3 is 7.12 Å². The Hall–Kier alpha value is -3.74. The highest BCUT2D eigenvalue weighted by Gasteiger charge is 2.52. The fraction of sp³-hybridized carbons (Fsp3) is 0.344. The van der Waals surface area contributed by atoms with Crippen LogP contribution < -0.4 is 15.1 Å². The Morgan fingerprint density at radius 1 is 0.977 bits per heavy atom. The summed E-state index contributed by atoms with van der Waals surface area (Å²) in [6.45, 7) is 7.47.